The fourth-order valence-electron chi connectivity index (χ4n) is 4.64. The lowest BCUT2D eigenvalue weighted by Gasteiger charge is -2.46. The molecule has 3 unspecified atom stereocenters. The Hall–Kier alpha value is -1.75. The first-order valence-electron chi connectivity index (χ1n) is 9.41. The molecule has 2 heterocycles. The summed E-state index contributed by atoms with van der Waals surface area (Å²) in [4.78, 5) is 2.60. The zero-order valence-electron chi connectivity index (χ0n) is 16.3. The van der Waals surface area contributed by atoms with Gasteiger partial charge in [0, 0.05) is 31.1 Å². The number of hydrogen-bond acceptors (Lipinski definition) is 4. The van der Waals surface area contributed by atoms with Crippen LogP contribution in [0.2, 0.25) is 0 Å². The molecule has 27 heavy (non-hydrogen) atoms. The second-order valence-corrected chi connectivity index (χ2v) is 7.59. The molecular weight excluding hydrogens is 360 g/mol. The highest BCUT2D eigenvalue weighted by Gasteiger charge is 2.38. The summed E-state index contributed by atoms with van der Waals surface area (Å²) in [5.41, 5.74) is 12.1. The van der Waals surface area contributed by atoms with Crippen molar-refractivity contribution in [3.63, 3.8) is 0 Å². The first kappa shape index (κ1) is 20.0. The van der Waals surface area contributed by atoms with Crippen LogP contribution < -0.4 is 15.2 Å². The van der Waals surface area contributed by atoms with E-state index in [1.165, 1.54) is 22.3 Å². The van der Waals surface area contributed by atoms with Gasteiger partial charge in [-0.3, -0.25) is 4.90 Å². The lowest BCUT2D eigenvalue weighted by Crippen LogP contribution is -2.49. The van der Waals surface area contributed by atoms with Gasteiger partial charge in [0.05, 0.1) is 14.2 Å². The molecule has 2 aliphatic heterocycles. The van der Waals surface area contributed by atoms with E-state index in [1.807, 2.05) is 0 Å². The molecule has 4 rings (SSSR count). The van der Waals surface area contributed by atoms with Gasteiger partial charge in [-0.25, -0.2) is 0 Å². The smallest absolute Gasteiger partial charge is 0.161 e. The summed E-state index contributed by atoms with van der Waals surface area (Å²) in [6, 6.07) is 13.6. The third kappa shape index (κ3) is 3.66. The minimum atomic E-state index is 0. The Kier molecular flexibility index (Phi) is 5.99. The Morgan fingerprint density at radius 2 is 1.81 bits per heavy atom. The number of methoxy groups -OCH3 is 2. The first-order valence-corrected chi connectivity index (χ1v) is 9.41. The third-order valence-electron chi connectivity index (χ3n) is 6.03. The number of aryl methyl sites for hydroxylation is 1. The number of halogens is 1. The summed E-state index contributed by atoms with van der Waals surface area (Å²) in [5, 5.41) is 0. The van der Waals surface area contributed by atoms with Crippen molar-refractivity contribution in [2.45, 2.75) is 37.8 Å². The topological polar surface area (TPSA) is 47.7 Å². The molecular formula is C22H29ClN2O2. The predicted octanol–water partition coefficient (Wildman–Crippen LogP) is 3.85. The Bertz CT molecular complexity index is 811. The van der Waals surface area contributed by atoms with Crippen LogP contribution in [0, 0.1) is 6.92 Å². The maximum atomic E-state index is 6.67. The quantitative estimate of drug-likeness (QED) is 0.867. The standard InChI is InChI=1S/C22H28N2O2.ClH/c1-14-5-4-6-15(9-14)18-13-24-8-7-16-10-21(25-2)22(26-3)11-17(16)20(24)12-19(18)23;/h4-6,9-11,18-20H,7-8,12-13,23H2,1-3H3;1H. The average molecular weight is 389 g/mol. The van der Waals surface area contributed by atoms with E-state index in [2.05, 4.69) is 48.2 Å². The summed E-state index contributed by atoms with van der Waals surface area (Å²) >= 11 is 0. The fourth-order valence-corrected chi connectivity index (χ4v) is 4.64. The molecule has 0 radical (unpaired) electrons. The molecule has 0 bridgehead atoms. The monoisotopic (exact) mass is 388 g/mol. The minimum absolute atomic E-state index is 0. The highest BCUT2D eigenvalue weighted by molar-refractivity contribution is 5.85. The van der Waals surface area contributed by atoms with Gasteiger partial charge in [0.15, 0.2) is 11.5 Å². The van der Waals surface area contributed by atoms with Crippen molar-refractivity contribution in [2.24, 2.45) is 5.73 Å². The second kappa shape index (κ2) is 8.09. The van der Waals surface area contributed by atoms with Crippen molar-refractivity contribution in [2.75, 3.05) is 27.3 Å². The van der Waals surface area contributed by atoms with Crippen LogP contribution in [0.3, 0.4) is 0 Å². The van der Waals surface area contributed by atoms with Gasteiger partial charge in [-0.2, -0.15) is 0 Å². The fraction of sp³-hybridized carbons (Fsp3) is 0.455. The van der Waals surface area contributed by atoms with Crippen LogP contribution in [0.4, 0.5) is 0 Å². The SMILES string of the molecule is COc1cc2c(cc1OC)C1CC(N)C(c3cccc(C)c3)CN1CC2.Cl. The van der Waals surface area contributed by atoms with Crippen LogP contribution in [0.15, 0.2) is 36.4 Å². The van der Waals surface area contributed by atoms with Crippen molar-refractivity contribution in [1.82, 2.24) is 4.90 Å². The second-order valence-electron chi connectivity index (χ2n) is 7.59. The number of nitrogens with two attached hydrogens (primary N) is 1. The van der Waals surface area contributed by atoms with E-state index >= 15 is 0 Å². The normalized spacial score (nSPS) is 24.4. The summed E-state index contributed by atoms with van der Waals surface area (Å²) in [6.07, 6.45) is 2.02. The molecule has 146 valence electrons. The molecule has 0 amide bonds. The van der Waals surface area contributed by atoms with Crippen LogP contribution >= 0.6 is 12.4 Å². The maximum absolute atomic E-state index is 6.67. The van der Waals surface area contributed by atoms with Crippen molar-refractivity contribution in [3.8, 4) is 11.5 Å². The molecule has 3 atom stereocenters. The van der Waals surface area contributed by atoms with Gasteiger partial charge in [0.1, 0.15) is 0 Å². The number of piperidine rings is 1. The van der Waals surface area contributed by atoms with E-state index in [4.69, 9.17) is 15.2 Å². The van der Waals surface area contributed by atoms with E-state index in [9.17, 15) is 0 Å². The first-order chi connectivity index (χ1) is 12.6. The Morgan fingerprint density at radius 3 is 2.52 bits per heavy atom. The molecule has 1 saturated heterocycles. The maximum Gasteiger partial charge on any atom is 0.161 e. The number of rotatable bonds is 3. The van der Waals surface area contributed by atoms with Gasteiger partial charge >= 0.3 is 0 Å². The molecule has 0 saturated carbocycles. The summed E-state index contributed by atoms with van der Waals surface area (Å²) in [7, 11) is 3.40. The average Bonchev–Trinajstić information content (AvgIpc) is 2.66. The van der Waals surface area contributed by atoms with Crippen molar-refractivity contribution in [1.29, 1.82) is 0 Å². The van der Waals surface area contributed by atoms with Gasteiger partial charge in [-0.1, -0.05) is 29.8 Å². The summed E-state index contributed by atoms with van der Waals surface area (Å²) in [5.74, 6) is 2.02. The van der Waals surface area contributed by atoms with E-state index < -0.39 is 0 Å². The van der Waals surface area contributed by atoms with Crippen LogP contribution in [0.5, 0.6) is 11.5 Å². The molecule has 0 aliphatic carbocycles. The lowest BCUT2D eigenvalue weighted by atomic mass is 9.78. The van der Waals surface area contributed by atoms with E-state index in [1.54, 1.807) is 14.2 Å². The molecule has 4 nitrogen and oxygen atoms in total. The highest BCUT2D eigenvalue weighted by Crippen LogP contribution is 2.44. The molecule has 1 fully saturated rings. The lowest BCUT2D eigenvalue weighted by molar-refractivity contribution is 0.109. The van der Waals surface area contributed by atoms with Gasteiger partial charge in [-0.05, 0) is 48.6 Å². The highest BCUT2D eigenvalue weighted by atomic mass is 35.5. The molecule has 2 N–H and O–H groups in total. The molecule has 0 spiro atoms. The van der Waals surface area contributed by atoms with Crippen LogP contribution in [0.1, 0.15) is 40.6 Å². The number of ether oxygens (including phenoxy) is 2. The van der Waals surface area contributed by atoms with E-state index in [0.29, 0.717) is 12.0 Å². The van der Waals surface area contributed by atoms with Crippen molar-refractivity contribution < 1.29 is 9.47 Å². The zero-order chi connectivity index (χ0) is 18.3. The van der Waals surface area contributed by atoms with Gasteiger partial charge in [-0.15, -0.1) is 12.4 Å². The molecule has 2 aromatic rings. The number of fused-ring (bicyclic) bond motifs is 3. The molecule has 0 aromatic heterocycles. The predicted molar refractivity (Wildman–Crippen MR) is 111 cm³/mol. The van der Waals surface area contributed by atoms with Gasteiger partial charge < -0.3 is 15.2 Å². The van der Waals surface area contributed by atoms with Gasteiger partial charge in [0.2, 0.25) is 0 Å². The molecule has 5 heteroatoms. The van der Waals surface area contributed by atoms with Gasteiger partial charge in [0.25, 0.3) is 0 Å². The molecule has 2 aliphatic rings. The summed E-state index contributed by atoms with van der Waals surface area (Å²) in [6.45, 7) is 4.24. The van der Waals surface area contributed by atoms with Crippen LogP contribution in [-0.2, 0) is 6.42 Å². The third-order valence-corrected chi connectivity index (χ3v) is 6.03. The van der Waals surface area contributed by atoms with Crippen molar-refractivity contribution in [3.05, 3.63) is 58.7 Å². The van der Waals surface area contributed by atoms with E-state index in [0.717, 1.165) is 37.4 Å². The number of benzene rings is 2. The van der Waals surface area contributed by atoms with Crippen LogP contribution in [0.25, 0.3) is 0 Å². The largest absolute Gasteiger partial charge is 0.493 e. The Labute approximate surface area is 168 Å². The van der Waals surface area contributed by atoms with E-state index in [-0.39, 0.29) is 18.4 Å². The van der Waals surface area contributed by atoms with Crippen molar-refractivity contribution >= 4 is 12.4 Å². The Balaban J connectivity index is 0.00000210. The number of nitrogens with zero attached hydrogens (tertiary/aromatic N) is 1. The summed E-state index contributed by atoms with van der Waals surface area (Å²) < 4.78 is 11.0. The number of hydrogen-bond donors (Lipinski definition) is 1. The molecule has 2 aromatic carbocycles. The van der Waals surface area contributed by atoms with Crippen LogP contribution in [-0.4, -0.2) is 38.3 Å². The Morgan fingerprint density at radius 1 is 1.07 bits per heavy atom. The zero-order valence-corrected chi connectivity index (χ0v) is 17.1. The minimum Gasteiger partial charge on any atom is -0.493 e.